The first kappa shape index (κ1) is 16.0. The Balaban J connectivity index is 1.70. The number of hydrogen-bond acceptors (Lipinski definition) is 3. The van der Waals surface area contributed by atoms with Crippen molar-refractivity contribution in [3.63, 3.8) is 0 Å². The second-order valence-electron chi connectivity index (χ2n) is 6.24. The summed E-state index contributed by atoms with van der Waals surface area (Å²) in [6.07, 6.45) is 8.77. The summed E-state index contributed by atoms with van der Waals surface area (Å²) in [5.74, 6) is 1.75. The lowest BCUT2D eigenvalue weighted by molar-refractivity contribution is 0.210. The number of nitrogens with zero attached hydrogens (tertiary/aromatic N) is 2. The smallest absolute Gasteiger partial charge is 0.191 e. The van der Waals surface area contributed by atoms with Crippen LogP contribution in [-0.4, -0.2) is 62.1 Å². The lowest BCUT2D eigenvalue weighted by Crippen LogP contribution is -2.46. The number of guanidine groups is 1. The zero-order chi connectivity index (χ0) is 14.4. The van der Waals surface area contributed by atoms with Gasteiger partial charge in [0.05, 0.1) is 0 Å². The summed E-state index contributed by atoms with van der Waals surface area (Å²) in [7, 11) is 4.10. The van der Waals surface area contributed by atoms with Crippen LogP contribution in [0.1, 0.15) is 32.1 Å². The van der Waals surface area contributed by atoms with Crippen LogP contribution in [0.3, 0.4) is 0 Å². The zero-order valence-corrected chi connectivity index (χ0v) is 14.0. The molecule has 0 radical (unpaired) electrons. The molecule has 4 nitrogen and oxygen atoms in total. The van der Waals surface area contributed by atoms with Gasteiger partial charge >= 0.3 is 0 Å². The molecular formula is C15H30N4S. The summed E-state index contributed by atoms with van der Waals surface area (Å²) < 4.78 is 0. The minimum absolute atomic E-state index is 0.604. The van der Waals surface area contributed by atoms with E-state index in [2.05, 4.69) is 33.8 Å². The highest BCUT2D eigenvalue weighted by atomic mass is 32.2. The molecule has 1 saturated heterocycles. The molecule has 0 bridgehead atoms. The van der Waals surface area contributed by atoms with E-state index >= 15 is 0 Å². The van der Waals surface area contributed by atoms with Crippen molar-refractivity contribution >= 4 is 17.7 Å². The third-order valence-corrected chi connectivity index (χ3v) is 5.66. The Kier molecular flexibility index (Phi) is 6.49. The first-order chi connectivity index (χ1) is 9.71. The van der Waals surface area contributed by atoms with E-state index in [1.54, 1.807) is 0 Å². The molecule has 2 fully saturated rings. The average molecular weight is 299 g/mol. The van der Waals surface area contributed by atoms with Gasteiger partial charge in [-0.25, -0.2) is 0 Å². The van der Waals surface area contributed by atoms with Gasteiger partial charge in [0.1, 0.15) is 0 Å². The predicted molar refractivity (Wildman–Crippen MR) is 89.7 cm³/mol. The predicted octanol–water partition coefficient (Wildman–Crippen LogP) is 1.78. The maximum atomic E-state index is 4.38. The molecule has 2 aliphatic rings. The minimum atomic E-state index is 0.604. The quantitative estimate of drug-likeness (QED) is 0.613. The Morgan fingerprint density at radius 1 is 1.35 bits per heavy atom. The Hall–Kier alpha value is -0.420. The summed E-state index contributed by atoms with van der Waals surface area (Å²) in [5, 5.41) is 7.95. The van der Waals surface area contributed by atoms with Gasteiger partial charge in [-0.3, -0.25) is 4.99 Å². The highest BCUT2D eigenvalue weighted by Crippen LogP contribution is 2.28. The molecule has 2 N–H and O–H groups in total. The molecule has 0 aromatic heterocycles. The largest absolute Gasteiger partial charge is 0.356 e. The van der Waals surface area contributed by atoms with Crippen LogP contribution in [0.2, 0.25) is 0 Å². The first-order valence-corrected chi connectivity index (χ1v) is 9.18. The lowest BCUT2D eigenvalue weighted by Gasteiger charge is -2.30. The fraction of sp³-hybridized carbons (Fsp3) is 0.933. The molecule has 0 spiro atoms. The summed E-state index contributed by atoms with van der Waals surface area (Å²) in [5.41, 5.74) is 0. The van der Waals surface area contributed by atoms with Gasteiger partial charge in [-0.15, -0.1) is 0 Å². The number of aliphatic imine (C=N–C) groups is 1. The van der Waals surface area contributed by atoms with Crippen molar-refractivity contribution in [3.05, 3.63) is 0 Å². The van der Waals surface area contributed by atoms with E-state index in [1.807, 2.05) is 18.8 Å². The fourth-order valence-corrected chi connectivity index (χ4v) is 4.15. The summed E-state index contributed by atoms with van der Waals surface area (Å²) >= 11 is 2.00. The van der Waals surface area contributed by atoms with Crippen LogP contribution in [0, 0.1) is 5.92 Å². The average Bonchev–Trinajstić information content (AvgIpc) is 2.91. The summed E-state index contributed by atoms with van der Waals surface area (Å²) in [4.78, 5) is 6.82. The van der Waals surface area contributed by atoms with E-state index in [0.717, 1.165) is 23.7 Å². The molecule has 0 amide bonds. The van der Waals surface area contributed by atoms with Crippen LogP contribution in [0.25, 0.3) is 0 Å². The van der Waals surface area contributed by atoms with Crippen LogP contribution in [0.4, 0.5) is 0 Å². The van der Waals surface area contributed by atoms with Gasteiger partial charge in [-0.2, -0.15) is 11.8 Å². The topological polar surface area (TPSA) is 39.7 Å². The molecule has 1 heterocycles. The van der Waals surface area contributed by atoms with E-state index < -0.39 is 0 Å². The summed E-state index contributed by atoms with van der Waals surface area (Å²) in [6.45, 7) is 3.51. The SMILES string of the molecule is CN=C(NCC1CCCN(C)C1)NC1CCC(SC)C1. The van der Waals surface area contributed by atoms with Gasteiger partial charge in [0, 0.05) is 31.4 Å². The van der Waals surface area contributed by atoms with E-state index in [1.165, 1.54) is 45.2 Å². The van der Waals surface area contributed by atoms with Gasteiger partial charge in [0.15, 0.2) is 5.96 Å². The van der Waals surface area contributed by atoms with Gasteiger partial charge < -0.3 is 15.5 Å². The number of rotatable bonds is 4. The summed E-state index contributed by atoms with van der Waals surface area (Å²) in [6, 6.07) is 0.604. The highest BCUT2D eigenvalue weighted by molar-refractivity contribution is 7.99. The standard InChI is InChI=1S/C15H30N4S/c1-16-15(18-13-6-7-14(9-13)20-3)17-10-12-5-4-8-19(2)11-12/h12-14H,4-11H2,1-3H3,(H2,16,17,18). The van der Waals surface area contributed by atoms with E-state index in [9.17, 15) is 0 Å². The van der Waals surface area contributed by atoms with Crippen LogP contribution in [-0.2, 0) is 0 Å². The Morgan fingerprint density at radius 3 is 2.85 bits per heavy atom. The second-order valence-corrected chi connectivity index (χ2v) is 7.37. The van der Waals surface area contributed by atoms with Gasteiger partial charge in [-0.1, -0.05) is 0 Å². The molecule has 20 heavy (non-hydrogen) atoms. The number of nitrogens with one attached hydrogen (secondary N) is 2. The van der Waals surface area contributed by atoms with Crippen LogP contribution < -0.4 is 10.6 Å². The molecule has 1 saturated carbocycles. The molecule has 5 heteroatoms. The van der Waals surface area contributed by atoms with Crippen molar-refractivity contribution in [2.75, 3.05) is 40.0 Å². The van der Waals surface area contributed by atoms with Gasteiger partial charge in [-0.05, 0) is 57.9 Å². The van der Waals surface area contributed by atoms with Crippen LogP contribution >= 0.6 is 11.8 Å². The third kappa shape index (κ3) is 4.85. The normalized spacial score (nSPS) is 32.4. The molecule has 0 aromatic carbocycles. The maximum absolute atomic E-state index is 4.38. The number of likely N-dealkylation sites (tertiary alicyclic amines) is 1. The Morgan fingerprint density at radius 2 is 2.20 bits per heavy atom. The molecule has 1 aliphatic heterocycles. The number of hydrogen-bond donors (Lipinski definition) is 2. The molecule has 2 rings (SSSR count). The molecular weight excluding hydrogens is 268 g/mol. The molecule has 0 aromatic rings. The van der Waals surface area contributed by atoms with Crippen molar-refractivity contribution in [3.8, 4) is 0 Å². The van der Waals surface area contributed by atoms with Crippen molar-refractivity contribution in [2.24, 2.45) is 10.9 Å². The number of piperidine rings is 1. The van der Waals surface area contributed by atoms with Crippen molar-refractivity contribution in [1.82, 2.24) is 15.5 Å². The second kappa shape index (κ2) is 8.13. The molecule has 3 unspecified atom stereocenters. The minimum Gasteiger partial charge on any atom is -0.356 e. The van der Waals surface area contributed by atoms with Crippen molar-refractivity contribution in [1.29, 1.82) is 0 Å². The van der Waals surface area contributed by atoms with E-state index in [0.29, 0.717) is 6.04 Å². The van der Waals surface area contributed by atoms with Crippen molar-refractivity contribution in [2.45, 2.75) is 43.4 Å². The van der Waals surface area contributed by atoms with Gasteiger partial charge in [0.2, 0.25) is 0 Å². The maximum Gasteiger partial charge on any atom is 0.191 e. The number of thioether (sulfide) groups is 1. The molecule has 1 aliphatic carbocycles. The Labute approximate surface area is 128 Å². The van der Waals surface area contributed by atoms with Crippen LogP contribution in [0.5, 0.6) is 0 Å². The van der Waals surface area contributed by atoms with E-state index in [4.69, 9.17) is 0 Å². The fourth-order valence-electron chi connectivity index (χ4n) is 3.35. The van der Waals surface area contributed by atoms with Crippen LogP contribution in [0.15, 0.2) is 4.99 Å². The Bertz CT molecular complexity index is 321. The van der Waals surface area contributed by atoms with E-state index in [-0.39, 0.29) is 0 Å². The van der Waals surface area contributed by atoms with Gasteiger partial charge in [0.25, 0.3) is 0 Å². The van der Waals surface area contributed by atoms with Crippen molar-refractivity contribution < 1.29 is 0 Å². The lowest BCUT2D eigenvalue weighted by atomic mass is 9.99. The molecule has 116 valence electrons. The molecule has 3 atom stereocenters. The third-order valence-electron chi connectivity index (χ3n) is 4.56. The first-order valence-electron chi connectivity index (χ1n) is 7.89. The zero-order valence-electron chi connectivity index (χ0n) is 13.2. The monoisotopic (exact) mass is 298 g/mol. The highest BCUT2D eigenvalue weighted by Gasteiger charge is 2.24.